The number of carbonyl (C=O) groups is 2. The molecule has 2 rings (SSSR count). The van der Waals surface area contributed by atoms with Crippen molar-refractivity contribution in [1.82, 2.24) is 0 Å². The van der Waals surface area contributed by atoms with Crippen LogP contribution in [-0.4, -0.2) is 24.6 Å². The number of allylic oxidation sites excluding steroid dienone is 4. The van der Waals surface area contributed by atoms with Crippen molar-refractivity contribution in [3.8, 4) is 5.75 Å². The fraction of sp³-hybridized carbons (Fsp3) is 0.188. The van der Waals surface area contributed by atoms with Crippen molar-refractivity contribution in [2.24, 2.45) is 4.99 Å². The van der Waals surface area contributed by atoms with E-state index in [1.807, 2.05) is 0 Å². The van der Waals surface area contributed by atoms with Gasteiger partial charge in [0.2, 0.25) is 0 Å². The molecule has 0 aromatic heterocycles. The zero-order chi connectivity index (χ0) is 15.4. The van der Waals surface area contributed by atoms with Crippen LogP contribution in [0.2, 0.25) is 0 Å². The third-order valence-electron chi connectivity index (χ3n) is 3.02. The molecule has 5 heteroatoms. The minimum absolute atomic E-state index is 0.0236. The molecule has 1 aliphatic rings. The van der Waals surface area contributed by atoms with E-state index in [9.17, 15) is 9.59 Å². The van der Waals surface area contributed by atoms with E-state index in [0.717, 1.165) is 0 Å². The Morgan fingerprint density at radius 2 is 1.67 bits per heavy atom. The summed E-state index contributed by atoms with van der Waals surface area (Å²) in [6.07, 6.45) is 3.20. The van der Waals surface area contributed by atoms with Gasteiger partial charge in [0.15, 0.2) is 5.78 Å². The molecular weight excluding hydrogens is 268 g/mol. The van der Waals surface area contributed by atoms with Crippen LogP contribution in [0, 0.1) is 0 Å². The van der Waals surface area contributed by atoms with Crippen molar-refractivity contribution in [3.05, 3.63) is 47.6 Å². The first-order chi connectivity index (χ1) is 9.99. The van der Waals surface area contributed by atoms with Crippen LogP contribution in [-0.2, 0) is 4.79 Å². The molecule has 21 heavy (non-hydrogen) atoms. The number of hydrogen-bond donors (Lipinski definition) is 1. The first-order valence-electron chi connectivity index (χ1n) is 6.44. The molecule has 108 valence electrons. The molecule has 1 N–H and O–H groups in total. The van der Waals surface area contributed by atoms with Crippen LogP contribution in [0.3, 0.4) is 0 Å². The van der Waals surface area contributed by atoms with Crippen LogP contribution in [0.15, 0.2) is 52.6 Å². The SMILES string of the molecule is COc1ccc(NC(=O)N=C2C=C(C)C(=O)C(C)=C2)cc1. The summed E-state index contributed by atoms with van der Waals surface area (Å²) in [6.45, 7) is 3.41. The van der Waals surface area contributed by atoms with E-state index in [1.54, 1.807) is 57.4 Å². The van der Waals surface area contributed by atoms with Crippen molar-refractivity contribution in [3.63, 3.8) is 0 Å². The number of ketones is 1. The molecule has 0 saturated carbocycles. The highest BCUT2D eigenvalue weighted by Gasteiger charge is 2.14. The standard InChI is InChI=1S/C16H16N2O3/c1-10-8-13(9-11(2)15(10)19)18-16(20)17-12-4-6-14(21-3)7-5-12/h4-9H,1-3H3,(H,17,20). The van der Waals surface area contributed by atoms with Crippen molar-refractivity contribution in [2.75, 3.05) is 12.4 Å². The van der Waals surface area contributed by atoms with E-state index >= 15 is 0 Å². The average molecular weight is 284 g/mol. The summed E-state index contributed by atoms with van der Waals surface area (Å²) in [4.78, 5) is 27.4. The second-order valence-electron chi connectivity index (χ2n) is 4.68. The summed E-state index contributed by atoms with van der Waals surface area (Å²) >= 11 is 0. The van der Waals surface area contributed by atoms with E-state index in [1.165, 1.54) is 0 Å². The maximum Gasteiger partial charge on any atom is 0.345 e. The van der Waals surface area contributed by atoms with Crippen LogP contribution in [0.5, 0.6) is 5.75 Å². The Balaban J connectivity index is 2.10. The zero-order valence-corrected chi connectivity index (χ0v) is 12.1. The van der Waals surface area contributed by atoms with E-state index in [2.05, 4.69) is 10.3 Å². The van der Waals surface area contributed by atoms with Crippen LogP contribution in [0.4, 0.5) is 10.5 Å². The summed E-state index contributed by atoms with van der Waals surface area (Å²) in [5, 5.41) is 2.66. The van der Waals surface area contributed by atoms with Gasteiger partial charge in [-0.05, 0) is 61.4 Å². The molecule has 0 heterocycles. The molecule has 0 fully saturated rings. The molecule has 1 aromatic carbocycles. The summed E-state index contributed by atoms with van der Waals surface area (Å²) in [6, 6.07) is 6.46. The van der Waals surface area contributed by atoms with Crippen LogP contribution < -0.4 is 10.1 Å². The van der Waals surface area contributed by atoms with Gasteiger partial charge >= 0.3 is 6.03 Å². The maximum atomic E-state index is 11.9. The number of Topliss-reactive ketones (excluding diaryl/α,β-unsaturated/α-hetero) is 1. The summed E-state index contributed by atoms with van der Waals surface area (Å²) in [5.74, 6) is 0.687. The minimum atomic E-state index is -0.488. The number of carbonyl (C=O) groups excluding carboxylic acids is 2. The monoisotopic (exact) mass is 284 g/mol. The highest BCUT2D eigenvalue weighted by atomic mass is 16.5. The second kappa shape index (κ2) is 6.17. The fourth-order valence-corrected chi connectivity index (χ4v) is 1.93. The Bertz CT molecular complexity index is 643. The smallest absolute Gasteiger partial charge is 0.345 e. The lowest BCUT2D eigenvalue weighted by atomic mass is 9.98. The molecule has 5 nitrogen and oxygen atoms in total. The molecule has 0 unspecified atom stereocenters. The summed E-state index contributed by atoms with van der Waals surface area (Å²) in [5.41, 5.74) is 2.24. The number of nitrogens with zero attached hydrogens (tertiary/aromatic N) is 1. The van der Waals surface area contributed by atoms with Gasteiger partial charge in [0, 0.05) is 5.69 Å². The largest absolute Gasteiger partial charge is 0.497 e. The molecule has 0 aliphatic heterocycles. The van der Waals surface area contributed by atoms with Crippen molar-refractivity contribution in [1.29, 1.82) is 0 Å². The van der Waals surface area contributed by atoms with Gasteiger partial charge in [0.25, 0.3) is 0 Å². The first kappa shape index (κ1) is 14.7. The number of nitrogens with one attached hydrogen (secondary N) is 1. The average Bonchev–Trinajstić information content (AvgIpc) is 2.45. The highest BCUT2D eigenvalue weighted by Crippen LogP contribution is 2.16. The number of rotatable bonds is 2. The minimum Gasteiger partial charge on any atom is -0.497 e. The third-order valence-corrected chi connectivity index (χ3v) is 3.02. The number of benzene rings is 1. The highest BCUT2D eigenvalue weighted by molar-refractivity contribution is 6.23. The van der Waals surface area contributed by atoms with Gasteiger partial charge in [0.05, 0.1) is 12.8 Å². The van der Waals surface area contributed by atoms with Gasteiger partial charge in [-0.1, -0.05) is 0 Å². The van der Waals surface area contributed by atoms with Crippen LogP contribution in [0.1, 0.15) is 13.8 Å². The number of methoxy groups -OCH3 is 1. The molecule has 0 bridgehead atoms. The lowest BCUT2D eigenvalue weighted by Gasteiger charge is -2.08. The second-order valence-corrected chi connectivity index (χ2v) is 4.68. The lowest BCUT2D eigenvalue weighted by Crippen LogP contribution is -2.14. The van der Waals surface area contributed by atoms with E-state index < -0.39 is 6.03 Å². The summed E-state index contributed by atoms with van der Waals surface area (Å²) in [7, 11) is 1.58. The molecule has 0 saturated heterocycles. The fourth-order valence-electron chi connectivity index (χ4n) is 1.93. The predicted octanol–water partition coefficient (Wildman–Crippen LogP) is 3.14. The van der Waals surface area contributed by atoms with Crippen molar-refractivity contribution in [2.45, 2.75) is 13.8 Å². The molecule has 0 radical (unpaired) electrons. The predicted molar refractivity (Wildman–Crippen MR) is 82.0 cm³/mol. The normalized spacial score (nSPS) is 14.2. The molecule has 0 spiro atoms. The maximum absolute atomic E-state index is 11.9. The van der Waals surface area contributed by atoms with E-state index in [4.69, 9.17) is 4.74 Å². The Hall–Kier alpha value is -2.69. The number of hydrogen-bond acceptors (Lipinski definition) is 3. The van der Waals surface area contributed by atoms with Crippen molar-refractivity contribution < 1.29 is 14.3 Å². The van der Waals surface area contributed by atoms with Gasteiger partial charge in [-0.3, -0.25) is 4.79 Å². The van der Waals surface area contributed by atoms with E-state index in [-0.39, 0.29) is 5.78 Å². The van der Waals surface area contributed by atoms with Gasteiger partial charge in [-0.25, -0.2) is 4.79 Å². The molecule has 1 aliphatic carbocycles. The van der Waals surface area contributed by atoms with Crippen LogP contribution in [0.25, 0.3) is 0 Å². The topological polar surface area (TPSA) is 67.8 Å². The number of ether oxygens (including phenoxy) is 1. The quantitative estimate of drug-likeness (QED) is 0.848. The third kappa shape index (κ3) is 3.66. The van der Waals surface area contributed by atoms with E-state index in [0.29, 0.717) is 28.3 Å². The Morgan fingerprint density at radius 3 is 2.19 bits per heavy atom. The van der Waals surface area contributed by atoms with Crippen molar-refractivity contribution >= 4 is 23.2 Å². The molecular formula is C16H16N2O3. The Labute approximate surface area is 123 Å². The van der Waals surface area contributed by atoms with Gasteiger partial charge in [-0.15, -0.1) is 0 Å². The molecule has 2 amide bonds. The number of urea groups is 1. The lowest BCUT2D eigenvalue weighted by molar-refractivity contribution is -0.112. The first-order valence-corrected chi connectivity index (χ1v) is 6.44. The summed E-state index contributed by atoms with van der Waals surface area (Å²) < 4.78 is 5.04. The number of aliphatic imine (C=N–C) groups is 1. The number of anilines is 1. The van der Waals surface area contributed by atoms with Gasteiger partial charge < -0.3 is 10.1 Å². The number of amides is 2. The zero-order valence-electron chi connectivity index (χ0n) is 12.1. The van der Waals surface area contributed by atoms with Crippen LogP contribution >= 0.6 is 0 Å². The Kier molecular flexibility index (Phi) is 4.33. The van der Waals surface area contributed by atoms with Gasteiger partial charge in [0.1, 0.15) is 5.75 Å². The molecule has 0 atom stereocenters. The van der Waals surface area contributed by atoms with Gasteiger partial charge in [-0.2, -0.15) is 4.99 Å². The molecule has 1 aromatic rings. The Morgan fingerprint density at radius 1 is 1.10 bits per heavy atom.